The maximum absolute atomic E-state index is 12.2. The first-order chi connectivity index (χ1) is 8.50. The topological polar surface area (TPSA) is 54.4 Å². The second-order valence-corrected chi connectivity index (χ2v) is 5.26. The fraction of sp³-hybridized carbons (Fsp3) is 0.467. The van der Waals surface area contributed by atoms with E-state index in [9.17, 15) is 9.59 Å². The smallest absolute Gasteiger partial charge is 0.314 e. The number of aryl methyl sites for hydroxylation is 2. The zero-order valence-corrected chi connectivity index (χ0v) is 10.8. The lowest BCUT2D eigenvalue weighted by atomic mass is 9.87. The van der Waals surface area contributed by atoms with Gasteiger partial charge in [-0.05, 0) is 42.4 Å². The van der Waals surface area contributed by atoms with Gasteiger partial charge in [-0.15, -0.1) is 0 Å². The molecule has 1 aliphatic rings. The molecule has 0 aromatic heterocycles. The van der Waals surface area contributed by atoms with E-state index in [0.29, 0.717) is 5.56 Å². The van der Waals surface area contributed by atoms with E-state index >= 15 is 0 Å². The summed E-state index contributed by atoms with van der Waals surface area (Å²) in [6, 6.07) is 5.61. The Kier molecular flexibility index (Phi) is 3.50. The van der Waals surface area contributed by atoms with Crippen LogP contribution in [0.2, 0.25) is 0 Å². The van der Waals surface area contributed by atoms with Crippen molar-refractivity contribution in [3.05, 3.63) is 34.9 Å². The van der Waals surface area contributed by atoms with E-state index in [-0.39, 0.29) is 11.7 Å². The van der Waals surface area contributed by atoms with Gasteiger partial charge in [0.1, 0.15) is 5.92 Å². The summed E-state index contributed by atoms with van der Waals surface area (Å²) in [6.45, 7) is 3.54. The molecule has 1 aromatic rings. The number of carbonyl (C=O) groups is 2. The Morgan fingerprint density at radius 3 is 2.44 bits per heavy atom. The minimum absolute atomic E-state index is 0.191. The predicted molar refractivity (Wildman–Crippen MR) is 68.8 cm³/mol. The summed E-state index contributed by atoms with van der Waals surface area (Å²) in [5.74, 6) is -2.43. The molecule has 2 rings (SSSR count). The summed E-state index contributed by atoms with van der Waals surface area (Å²) in [7, 11) is 0. The molecule has 0 spiro atoms. The summed E-state index contributed by atoms with van der Waals surface area (Å²) >= 11 is 0. The molecule has 96 valence electrons. The van der Waals surface area contributed by atoms with Crippen LogP contribution in [-0.2, 0) is 17.6 Å². The van der Waals surface area contributed by atoms with Gasteiger partial charge in [-0.2, -0.15) is 0 Å². The number of carbonyl (C=O) groups excluding carboxylic acids is 1. The van der Waals surface area contributed by atoms with Crippen LogP contribution in [0.15, 0.2) is 18.2 Å². The monoisotopic (exact) mass is 246 g/mol. The Labute approximate surface area is 107 Å². The van der Waals surface area contributed by atoms with Crippen molar-refractivity contribution >= 4 is 11.8 Å². The van der Waals surface area contributed by atoms with E-state index in [2.05, 4.69) is 0 Å². The molecule has 0 heterocycles. The molecule has 1 unspecified atom stereocenters. The summed E-state index contributed by atoms with van der Waals surface area (Å²) in [5.41, 5.74) is 3.04. The molecule has 0 saturated heterocycles. The molecule has 3 heteroatoms. The van der Waals surface area contributed by atoms with Gasteiger partial charge in [0.05, 0.1) is 0 Å². The summed E-state index contributed by atoms with van der Waals surface area (Å²) in [4.78, 5) is 23.4. The highest BCUT2D eigenvalue weighted by atomic mass is 16.4. The van der Waals surface area contributed by atoms with Crippen LogP contribution < -0.4 is 0 Å². The Morgan fingerprint density at radius 1 is 1.17 bits per heavy atom. The molecule has 0 aliphatic heterocycles. The third-order valence-corrected chi connectivity index (χ3v) is 3.60. The molecule has 18 heavy (non-hydrogen) atoms. The molecule has 1 atom stereocenters. The number of ketones is 1. The van der Waals surface area contributed by atoms with Crippen LogP contribution in [0, 0.1) is 11.8 Å². The van der Waals surface area contributed by atoms with Gasteiger partial charge in [-0.25, -0.2) is 0 Å². The Balaban J connectivity index is 2.30. The van der Waals surface area contributed by atoms with Gasteiger partial charge in [0, 0.05) is 5.56 Å². The van der Waals surface area contributed by atoms with Gasteiger partial charge in [0.25, 0.3) is 0 Å². The highest BCUT2D eigenvalue weighted by Crippen LogP contribution is 2.25. The van der Waals surface area contributed by atoms with Crippen LogP contribution in [-0.4, -0.2) is 16.9 Å². The number of hydrogen-bond acceptors (Lipinski definition) is 2. The third-order valence-electron chi connectivity index (χ3n) is 3.60. The molecule has 1 aromatic carbocycles. The minimum Gasteiger partial charge on any atom is -0.481 e. The van der Waals surface area contributed by atoms with Crippen LogP contribution in [0.25, 0.3) is 0 Å². The quantitative estimate of drug-likeness (QED) is 0.656. The fourth-order valence-electron chi connectivity index (χ4n) is 2.60. The van der Waals surface area contributed by atoms with Crippen LogP contribution >= 0.6 is 0 Å². The Hall–Kier alpha value is -1.64. The normalized spacial score (nSPS) is 15.5. The summed E-state index contributed by atoms with van der Waals surface area (Å²) < 4.78 is 0. The van der Waals surface area contributed by atoms with Crippen molar-refractivity contribution in [1.29, 1.82) is 0 Å². The lowest BCUT2D eigenvalue weighted by Crippen LogP contribution is -2.28. The zero-order chi connectivity index (χ0) is 13.3. The lowest BCUT2D eigenvalue weighted by Gasteiger charge is -2.15. The van der Waals surface area contributed by atoms with E-state index in [4.69, 9.17) is 5.11 Å². The van der Waals surface area contributed by atoms with E-state index in [0.717, 1.165) is 19.3 Å². The van der Waals surface area contributed by atoms with Crippen LogP contribution in [0.3, 0.4) is 0 Å². The van der Waals surface area contributed by atoms with E-state index in [1.807, 2.05) is 12.1 Å². The number of fused-ring (bicyclic) bond motifs is 1. The van der Waals surface area contributed by atoms with Gasteiger partial charge >= 0.3 is 5.97 Å². The molecular weight excluding hydrogens is 228 g/mol. The second kappa shape index (κ2) is 4.92. The molecular formula is C15H18O3. The third kappa shape index (κ3) is 2.30. The van der Waals surface area contributed by atoms with Crippen LogP contribution in [0.4, 0.5) is 0 Å². The standard InChI is InChI=1S/C15H18O3/c1-9(2)13(15(17)18)14(16)12-7-6-10-4-3-5-11(10)8-12/h6-9,13H,3-5H2,1-2H3,(H,17,18). The number of carboxylic acids is 1. The number of hydrogen-bond donors (Lipinski definition) is 1. The number of aliphatic carboxylic acids is 1. The number of rotatable bonds is 4. The SMILES string of the molecule is CC(C)C(C(=O)O)C(=O)c1ccc2c(c1)CCC2. The number of benzene rings is 1. The maximum Gasteiger partial charge on any atom is 0.314 e. The van der Waals surface area contributed by atoms with Crippen molar-refractivity contribution < 1.29 is 14.7 Å². The number of Topliss-reactive ketones (excluding diaryl/α,β-unsaturated/α-hetero) is 1. The van der Waals surface area contributed by atoms with Gasteiger partial charge < -0.3 is 5.11 Å². The van der Waals surface area contributed by atoms with Gasteiger partial charge in [0.15, 0.2) is 5.78 Å². The van der Waals surface area contributed by atoms with E-state index in [1.54, 1.807) is 19.9 Å². The van der Waals surface area contributed by atoms with Crippen LogP contribution in [0.1, 0.15) is 41.8 Å². The average molecular weight is 246 g/mol. The summed E-state index contributed by atoms with van der Waals surface area (Å²) in [6.07, 6.45) is 3.19. The first-order valence-electron chi connectivity index (χ1n) is 6.39. The van der Waals surface area contributed by atoms with Crippen molar-refractivity contribution in [3.63, 3.8) is 0 Å². The van der Waals surface area contributed by atoms with Crippen molar-refractivity contribution in [2.75, 3.05) is 0 Å². The molecule has 3 nitrogen and oxygen atoms in total. The van der Waals surface area contributed by atoms with E-state index in [1.165, 1.54) is 11.1 Å². The molecule has 1 N–H and O–H groups in total. The molecule has 0 radical (unpaired) electrons. The maximum atomic E-state index is 12.2. The first kappa shape index (κ1) is 12.8. The van der Waals surface area contributed by atoms with Gasteiger partial charge in [-0.1, -0.05) is 26.0 Å². The molecule has 0 amide bonds. The first-order valence-corrected chi connectivity index (χ1v) is 6.39. The van der Waals surface area contributed by atoms with Crippen LogP contribution in [0.5, 0.6) is 0 Å². The lowest BCUT2D eigenvalue weighted by molar-refractivity contribution is -0.141. The second-order valence-electron chi connectivity index (χ2n) is 5.26. The minimum atomic E-state index is -1.03. The largest absolute Gasteiger partial charge is 0.481 e. The van der Waals surface area contributed by atoms with Crippen molar-refractivity contribution in [3.8, 4) is 0 Å². The van der Waals surface area contributed by atoms with Crippen molar-refractivity contribution in [2.45, 2.75) is 33.1 Å². The molecule has 0 fully saturated rings. The van der Waals surface area contributed by atoms with Gasteiger partial charge in [0.2, 0.25) is 0 Å². The highest BCUT2D eigenvalue weighted by Gasteiger charge is 2.30. The average Bonchev–Trinajstić information content (AvgIpc) is 2.74. The highest BCUT2D eigenvalue weighted by molar-refractivity contribution is 6.08. The Bertz CT molecular complexity index is 489. The molecule has 0 bridgehead atoms. The van der Waals surface area contributed by atoms with E-state index < -0.39 is 11.9 Å². The Morgan fingerprint density at radius 2 is 1.83 bits per heavy atom. The fourth-order valence-corrected chi connectivity index (χ4v) is 2.60. The predicted octanol–water partition coefficient (Wildman–Crippen LogP) is 2.71. The van der Waals surface area contributed by atoms with Gasteiger partial charge in [-0.3, -0.25) is 9.59 Å². The van der Waals surface area contributed by atoms with Crippen molar-refractivity contribution in [2.24, 2.45) is 11.8 Å². The van der Waals surface area contributed by atoms with Crippen molar-refractivity contribution in [1.82, 2.24) is 0 Å². The number of carboxylic acid groups (broad SMARTS) is 1. The molecule has 0 saturated carbocycles. The summed E-state index contributed by atoms with van der Waals surface area (Å²) in [5, 5.41) is 9.15. The molecule has 1 aliphatic carbocycles. The zero-order valence-electron chi connectivity index (χ0n) is 10.8.